The minimum atomic E-state index is -1.27. The van der Waals surface area contributed by atoms with Crippen molar-refractivity contribution in [3.63, 3.8) is 0 Å². The molecule has 1 heterocycles. The molecule has 3 N–H and O–H groups in total. The summed E-state index contributed by atoms with van der Waals surface area (Å²) in [5.74, 6) is 1.80. The Bertz CT molecular complexity index is 569. The lowest BCUT2D eigenvalue weighted by molar-refractivity contribution is 0.505. The van der Waals surface area contributed by atoms with Crippen molar-refractivity contribution in [1.82, 2.24) is 4.98 Å². The Morgan fingerprint density at radius 3 is 2.50 bits per heavy atom. The Morgan fingerprint density at radius 1 is 1.19 bits per heavy atom. The highest BCUT2D eigenvalue weighted by Gasteiger charge is 2.17. The molecule has 0 bridgehead atoms. The highest BCUT2D eigenvalue weighted by molar-refractivity contribution is 5.92. The first-order valence-corrected chi connectivity index (χ1v) is 4.46. The molecule has 0 fully saturated rings. The van der Waals surface area contributed by atoms with E-state index in [9.17, 15) is 13.2 Å². The van der Waals surface area contributed by atoms with Gasteiger partial charge in [0, 0.05) is 11.8 Å². The largest absolute Gasteiger partial charge is 0.323 e. The number of halogens is 3. The summed E-state index contributed by atoms with van der Waals surface area (Å²) in [7, 11) is 0. The zero-order valence-electron chi connectivity index (χ0n) is 8.31. The first kappa shape index (κ1) is 10.7. The van der Waals surface area contributed by atoms with Crippen LogP contribution in [0.15, 0.2) is 12.1 Å². The predicted molar refractivity (Wildman–Crippen MR) is 54.2 cm³/mol. The third kappa shape index (κ3) is 1.47. The maximum Gasteiger partial charge on any atom is 0.170 e. The topological polar surface area (TPSA) is 50.9 Å². The molecule has 0 unspecified atom stereocenters. The monoisotopic (exact) mass is 227 g/mol. The third-order valence-corrected chi connectivity index (χ3v) is 2.21. The maximum absolute atomic E-state index is 13.5. The Kier molecular flexibility index (Phi) is 2.43. The fourth-order valence-electron chi connectivity index (χ4n) is 1.54. The fraction of sp³-hybridized carbons (Fsp3) is 0.100. The average molecular weight is 227 g/mol. The summed E-state index contributed by atoms with van der Waals surface area (Å²) in [5.41, 5.74) is 2.49. The zero-order chi connectivity index (χ0) is 11.9. The molecule has 0 spiro atoms. The molecule has 0 atom stereocenters. The smallest absolute Gasteiger partial charge is 0.170 e. The number of hydrazine groups is 1. The number of benzene rings is 1. The zero-order valence-corrected chi connectivity index (χ0v) is 8.31. The second kappa shape index (κ2) is 3.64. The number of hydrogen-bond acceptors (Lipinski definition) is 3. The number of nitrogens with zero attached hydrogens (tertiary/aromatic N) is 1. The average Bonchev–Trinajstić information content (AvgIpc) is 2.25. The molecule has 1 aromatic heterocycles. The van der Waals surface area contributed by atoms with Gasteiger partial charge in [0.25, 0.3) is 0 Å². The van der Waals surface area contributed by atoms with Crippen molar-refractivity contribution >= 4 is 16.6 Å². The quantitative estimate of drug-likeness (QED) is 0.446. The van der Waals surface area contributed by atoms with Crippen LogP contribution in [0, 0.1) is 24.4 Å². The van der Waals surface area contributed by atoms with Gasteiger partial charge in [-0.25, -0.2) is 18.2 Å². The predicted octanol–water partition coefficient (Wildman–Crippen LogP) is 2.25. The SMILES string of the molecule is Cc1cc(NN)c2c(F)c(F)cc(F)c2n1. The number of nitrogens with two attached hydrogens (primary N) is 1. The molecular formula is C10H8F3N3. The minimum absolute atomic E-state index is 0.0957. The summed E-state index contributed by atoms with van der Waals surface area (Å²) < 4.78 is 39.9. The van der Waals surface area contributed by atoms with Crippen LogP contribution in [-0.4, -0.2) is 4.98 Å². The normalized spacial score (nSPS) is 10.8. The van der Waals surface area contributed by atoms with E-state index >= 15 is 0 Å². The van der Waals surface area contributed by atoms with Gasteiger partial charge in [-0.1, -0.05) is 0 Å². The molecule has 0 amide bonds. The van der Waals surface area contributed by atoms with E-state index in [1.807, 2.05) is 0 Å². The standard InChI is InChI=1S/C10H8F3N3/c1-4-2-7(16-14)8-9(13)5(11)3-6(12)10(8)15-4/h2-3H,14H2,1H3,(H,15,16). The van der Waals surface area contributed by atoms with Crippen LogP contribution in [0.5, 0.6) is 0 Å². The second-order valence-electron chi connectivity index (χ2n) is 3.33. The Labute approximate surface area is 89.1 Å². The number of nitrogens with one attached hydrogen (secondary N) is 1. The summed E-state index contributed by atoms with van der Waals surface area (Å²) in [6.07, 6.45) is 0. The molecule has 6 heteroatoms. The molecule has 84 valence electrons. The molecule has 1 aromatic carbocycles. The second-order valence-corrected chi connectivity index (χ2v) is 3.33. The number of anilines is 1. The van der Waals surface area contributed by atoms with Crippen LogP contribution in [0.3, 0.4) is 0 Å². The first-order valence-electron chi connectivity index (χ1n) is 4.46. The fourth-order valence-corrected chi connectivity index (χ4v) is 1.54. The van der Waals surface area contributed by atoms with Crippen molar-refractivity contribution in [3.8, 4) is 0 Å². The van der Waals surface area contributed by atoms with E-state index in [1.165, 1.54) is 6.07 Å². The number of hydrogen-bond donors (Lipinski definition) is 2. The van der Waals surface area contributed by atoms with Crippen LogP contribution >= 0.6 is 0 Å². The van der Waals surface area contributed by atoms with Crippen LogP contribution < -0.4 is 11.3 Å². The highest BCUT2D eigenvalue weighted by Crippen LogP contribution is 2.28. The van der Waals surface area contributed by atoms with Gasteiger partial charge in [-0.2, -0.15) is 0 Å². The maximum atomic E-state index is 13.5. The molecule has 16 heavy (non-hydrogen) atoms. The van der Waals surface area contributed by atoms with Gasteiger partial charge in [0.15, 0.2) is 17.5 Å². The minimum Gasteiger partial charge on any atom is -0.323 e. The molecule has 0 saturated heterocycles. The van der Waals surface area contributed by atoms with Gasteiger partial charge < -0.3 is 5.43 Å². The number of pyridine rings is 1. The van der Waals surface area contributed by atoms with Gasteiger partial charge in [0.05, 0.1) is 11.1 Å². The van der Waals surface area contributed by atoms with Gasteiger partial charge >= 0.3 is 0 Å². The third-order valence-electron chi connectivity index (χ3n) is 2.21. The van der Waals surface area contributed by atoms with E-state index in [-0.39, 0.29) is 16.6 Å². The lowest BCUT2D eigenvalue weighted by Gasteiger charge is -2.08. The van der Waals surface area contributed by atoms with Crippen molar-refractivity contribution in [2.45, 2.75) is 6.92 Å². The summed E-state index contributed by atoms with van der Waals surface area (Å²) >= 11 is 0. The lowest BCUT2D eigenvalue weighted by Crippen LogP contribution is -2.09. The summed E-state index contributed by atoms with van der Waals surface area (Å²) in [6.45, 7) is 1.60. The number of aromatic nitrogens is 1. The first-order chi connectivity index (χ1) is 7.54. The van der Waals surface area contributed by atoms with Gasteiger partial charge in [-0.15, -0.1) is 0 Å². The van der Waals surface area contributed by atoms with Crippen LogP contribution in [-0.2, 0) is 0 Å². The molecule has 0 aliphatic carbocycles. The van der Waals surface area contributed by atoms with Gasteiger partial charge in [-0.3, -0.25) is 5.84 Å². The van der Waals surface area contributed by atoms with E-state index < -0.39 is 17.5 Å². The van der Waals surface area contributed by atoms with Crippen molar-refractivity contribution in [2.24, 2.45) is 5.84 Å². The Balaban J connectivity index is 2.99. The molecular weight excluding hydrogens is 219 g/mol. The van der Waals surface area contributed by atoms with E-state index in [2.05, 4.69) is 10.4 Å². The molecule has 0 saturated carbocycles. The number of fused-ring (bicyclic) bond motifs is 1. The molecule has 2 rings (SSSR count). The van der Waals surface area contributed by atoms with Crippen LogP contribution in [0.2, 0.25) is 0 Å². The Hall–Kier alpha value is -1.82. The van der Waals surface area contributed by atoms with E-state index in [1.54, 1.807) is 6.92 Å². The highest BCUT2D eigenvalue weighted by atomic mass is 19.2. The summed E-state index contributed by atoms with van der Waals surface area (Å²) in [4.78, 5) is 3.81. The molecule has 0 radical (unpaired) electrons. The van der Waals surface area contributed by atoms with Crippen LogP contribution in [0.25, 0.3) is 10.9 Å². The van der Waals surface area contributed by atoms with Crippen molar-refractivity contribution in [1.29, 1.82) is 0 Å². The Morgan fingerprint density at radius 2 is 1.88 bits per heavy atom. The van der Waals surface area contributed by atoms with Gasteiger partial charge in [0.2, 0.25) is 0 Å². The number of aryl methyl sites for hydroxylation is 1. The molecule has 3 nitrogen and oxygen atoms in total. The van der Waals surface area contributed by atoms with Gasteiger partial charge in [0.1, 0.15) is 5.52 Å². The summed E-state index contributed by atoms with van der Waals surface area (Å²) in [5, 5.41) is -0.286. The molecule has 0 aliphatic rings. The van der Waals surface area contributed by atoms with E-state index in [0.29, 0.717) is 11.8 Å². The van der Waals surface area contributed by atoms with Crippen molar-refractivity contribution < 1.29 is 13.2 Å². The van der Waals surface area contributed by atoms with Crippen molar-refractivity contribution in [3.05, 3.63) is 35.3 Å². The van der Waals surface area contributed by atoms with Crippen LogP contribution in [0.1, 0.15) is 5.69 Å². The van der Waals surface area contributed by atoms with E-state index in [4.69, 9.17) is 5.84 Å². The molecule has 0 aliphatic heterocycles. The number of rotatable bonds is 1. The molecule has 2 aromatic rings. The van der Waals surface area contributed by atoms with Crippen LogP contribution in [0.4, 0.5) is 18.9 Å². The summed E-state index contributed by atoms with van der Waals surface area (Å²) in [6, 6.07) is 1.87. The lowest BCUT2D eigenvalue weighted by atomic mass is 10.1. The van der Waals surface area contributed by atoms with Gasteiger partial charge in [-0.05, 0) is 13.0 Å². The number of nitrogen functional groups attached to an aromatic ring is 1. The van der Waals surface area contributed by atoms with E-state index in [0.717, 1.165) is 0 Å². The van der Waals surface area contributed by atoms with Crippen molar-refractivity contribution in [2.75, 3.05) is 5.43 Å².